The summed E-state index contributed by atoms with van der Waals surface area (Å²) in [5.41, 5.74) is 3.76. The van der Waals surface area contributed by atoms with Crippen LogP contribution in [0.2, 0.25) is 0 Å². The van der Waals surface area contributed by atoms with Crippen molar-refractivity contribution >= 4 is 11.1 Å². The Morgan fingerprint density at radius 2 is 1.96 bits per heavy atom. The number of hydrogen-bond donors (Lipinski definition) is 1. The average Bonchev–Trinajstić information content (AvgIpc) is 3.07. The molecule has 0 saturated heterocycles. The second kappa shape index (κ2) is 8.31. The van der Waals surface area contributed by atoms with Crippen LogP contribution in [0.1, 0.15) is 49.1 Å². The lowest BCUT2D eigenvalue weighted by molar-refractivity contribution is 0.181. The highest BCUT2D eigenvalue weighted by Gasteiger charge is 2.25. The normalized spacial score (nSPS) is 20.1. The number of fused-ring (bicyclic) bond motifs is 1. The van der Waals surface area contributed by atoms with E-state index in [-0.39, 0.29) is 5.82 Å². The van der Waals surface area contributed by atoms with Crippen LogP contribution in [0.3, 0.4) is 0 Å². The van der Waals surface area contributed by atoms with Crippen LogP contribution in [0, 0.1) is 5.82 Å². The highest BCUT2D eigenvalue weighted by Crippen LogP contribution is 2.35. The van der Waals surface area contributed by atoms with Crippen LogP contribution >= 0.6 is 0 Å². The first-order chi connectivity index (χ1) is 13.6. The molecule has 1 heterocycles. The molecule has 1 saturated carbocycles. The van der Waals surface area contributed by atoms with Crippen LogP contribution < -0.4 is 5.76 Å². The van der Waals surface area contributed by atoms with Crippen LogP contribution in [-0.4, -0.2) is 29.5 Å². The van der Waals surface area contributed by atoms with Crippen molar-refractivity contribution in [2.75, 3.05) is 13.6 Å². The smallest absolute Gasteiger partial charge is 0.408 e. The molecule has 4 nitrogen and oxygen atoms in total. The predicted molar refractivity (Wildman–Crippen MR) is 109 cm³/mol. The van der Waals surface area contributed by atoms with E-state index >= 15 is 0 Å². The third-order valence-corrected chi connectivity index (χ3v) is 6.10. The van der Waals surface area contributed by atoms with Gasteiger partial charge in [0.15, 0.2) is 5.58 Å². The Morgan fingerprint density at radius 1 is 1.14 bits per heavy atom. The van der Waals surface area contributed by atoms with Gasteiger partial charge in [0.2, 0.25) is 0 Å². The summed E-state index contributed by atoms with van der Waals surface area (Å²) in [7, 11) is 2.21. The van der Waals surface area contributed by atoms with Crippen LogP contribution in [-0.2, 0) is 6.42 Å². The Balaban J connectivity index is 1.27. The molecule has 0 amide bonds. The summed E-state index contributed by atoms with van der Waals surface area (Å²) in [5, 5.41) is 0. The van der Waals surface area contributed by atoms with Crippen molar-refractivity contribution in [2.45, 2.75) is 50.5 Å². The van der Waals surface area contributed by atoms with E-state index in [1.165, 1.54) is 24.5 Å². The van der Waals surface area contributed by atoms with Crippen LogP contribution in [0.25, 0.3) is 11.1 Å². The molecule has 1 aliphatic rings. The van der Waals surface area contributed by atoms with Crippen molar-refractivity contribution in [1.29, 1.82) is 0 Å². The molecule has 1 N–H and O–H groups in total. The number of benzene rings is 2. The highest BCUT2D eigenvalue weighted by molar-refractivity contribution is 5.72. The summed E-state index contributed by atoms with van der Waals surface area (Å²) < 4.78 is 18.5. The molecule has 1 aromatic heterocycles. The van der Waals surface area contributed by atoms with Gasteiger partial charge in [-0.15, -0.1) is 0 Å². The van der Waals surface area contributed by atoms with E-state index in [2.05, 4.69) is 23.0 Å². The monoisotopic (exact) mass is 382 g/mol. The largest absolute Gasteiger partial charge is 0.417 e. The number of aromatic nitrogens is 1. The molecule has 1 aliphatic carbocycles. The molecule has 3 aromatic rings. The molecule has 4 rings (SSSR count). The second-order valence-electron chi connectivity index (χ2n) is 7.99. The van der Waals surface area contributed by atoms with Gasteiger partial charge in [0.1, 0.15) is 5.82 Å². The SMILES string of the molecule is CN(CCCc1cccc(F)c1)[C@H]1CC[C@H](c2ccc3[nH]c(=O)oc3c2)CC1. The summed E-state index contributed by atoms with van der Waals surface area (Å²) >= 11 is 0. The summed E-state index contributed by atoms with van der Waals surface area (Å²) in [6, 6.07) is 13.6. The summed E-state index contributed by atoms with van der Waals surface area (Å²) in [6.45, 7) is 1.03. The van der Waals surface area contributed by atoms with E-state index in [1.54, 1.807) is 12.1 Å². The first-order valence-corrected chi connectivity index (χ1v) is 10.2. The Morgan fingerprint density at radius 3 is 2.75 bits per heavy atom. The fourth-order valence-corrected chi connectivity index (χ4v) is 4.47. The topological polar surface area (TPSA) is 49.2 Å². The van der Waals surface area contributed by atoms with Crippen LogP contribution in [0.4, 0.5) is 4.39 Å². The van der Waals surface area contributed by atoms with E-state index < -0.39 is 5.76 Å². The maximum Gasteiger partial charge on any atom is 0.417 e. The quantitative estimate of drug-likeness (QED) is 0.663. The fraction of sp³-hybridized carbons (Fsp3) is 0.435. The predicted octanol–water partition coefficient (Wildman–Crippen LogP) is 4.85. The molecule has 0 bridgehead atoms. The minimum Gasteiger partial charge on any atom is -0.408 e. The molecule has 0 unspecified atom stereocenters. The van der Waals surface area contributed by atoms with E-state index in [0.717, 1.165) is 43.3 Å². The van der Waals surface area contributed by atoms with Gasteiger partial charge in [-0.1, -0.05) is 18.2 Å². The maximum absolute atomic E-state index is 13.3. The number of hydrogen-bond acceptors (Lipinski definition) is 3. The van der Waals surface area contributed by atoms with E-state index in [4.69, 9.17) is 4.42 Å². The first-order valence-electron chi connectivity index (χ1n) is 10.2. The van der Waals surface area contributed by atoms with Crippen LogP contribution in [0.15, 0.2) is 51.7 Å². The number of H-pyrrole nitrogens is 1. The first kappa shape index (κ1) is 18.9. The molecule has 0 spiro atoms. The van der Waals surface area contributed by atoms with Gasteiger partial charge in [-0.05, 0) is 93.4 Å². The van der Waals surface area contributed by atoms with Crippen molar-refractivity contribution in [2.24, 2.45) is 0 Å². The molecule has 148 valence electrons. The standard InChI is InChI=1S/C23H27FN2O2/c1-26(13-3-5-16-4-2-6-19(24)14-16)20-10-7-17(8-11-20)18-9-12-21-22(15-18)28-23(27)25-21/h2,4,6,9,12,14-15,17,20H,3,5,7-8,10-11,13H2,1H3,(H,25,27)/t17-,20-. The van der Waals surface area contributed by atoms with Gasteiger partial charge >= 0.3 is 5.76 Å². The molecular weight excluding hydrogens is 355 g/mol. The minimum atomic E-state index is -0.393. The number of aromatic amines is 1. The summed E-state index contributed by atoms with van der Waals surface area (Å²) in [4.78, 5) is 16.5. The van der Waals surface area contributed by atoms with Gasteiger partial charge < -0.3 is 9.32 Å². The minimum absolute atomic E-state index is 0.152. The Labute approximate surface area is 164 Å². The average molecular weight is 382 g/mol. The van der Waals surface area contributed by atoms with Gasteiger partial charge in [-0.2, -0.15) is 0 Å². The van der Waals surface area contributed by atoms with Crippen molar-refractivity contribution in [3.05, 3.63) is 70.0 Å². The van der Waals surface area contributed by atoms with Gasteiger partial charge in [-0.3, -0.25) is 4.98 Å². The fourth-order valence-electron chi connectivity index (χ4n) is 4.47. The number of halogens is 1. The Hall–Kier alpha value is -2.40. The third-order valence-electron chi connectivity index (χ3n) is 6.10. The zero-order chi connectivity index (χ0) is 19.5. The lowest BCUT2D eigenvalue weighted by atomic mass is 9.81. The van der Waals surface area contributed by atoms with E-state index in [9.17, 15) is 9.18 Å². The van der Waals surface area contributed by atoms with Crippen molar-refractivity contribution in [3.8, 4) is 0 Å². The van der Waals surface area contributed by atoms with Gasteiger partial charge in [-0.25, -0.2) is 9.18 Å². The lowest BCUT2D eigenvalue weighted by Gasteiger charge is -2.35. The second-order valence-corrected chi connectivity index (χ2v) is 7.99. The molecule has 28 heavy (non-hydrogen) atoms. The van der Waals surface area contributed by atoms with E-state index in [1.807, 2.05) is 18.2 Å². The van der Waals surface area contributed by atoms with Crippen molar-refractivity contribution in [1.82, 2.24) is 9.88 Å². The number of rotatable bonds is 6. The number of nitrogens with one attached hydrogen (secondary N) is 1. The number of aryl methyl sites for hydroxylation is 1. The molecule has 0 atom stereocenters. The number of nitrogens with zero attached hydrogens (tertiary/aromatic N) is 1. The lowest BCUT2D eigenvalue weighted by Crippen LogP contribution is -2.35. The zero-order valence-corrected chi connectivity index (χ0v) is 16.3. The summed E-state index contributed by atoms with van der Waals surface area (Å²) in [6.07, 6.45) is 6.62. The van der Waals surface area contributed by atoms with E-state index in [0.29, 0.717) is 17.5 Å². The van der Waals surface area contributed by atoms with Crippen molar-refractivity contribution < 1.29 is 8.81 Å². The molecule has 5 heteroatoms. The summed E-state index contributed by atoms with van der Waals surface area (Å²) in [5.74, 6) is -0.0152. The van der Waals surface area contributed by atoms with Crippen LogP contribution in [0.5, 0.6) is 0 Å². The third kappa shape index (κ3) is 4.36. The van der Waals surface area contributed by atoms with Gasteiger partial charge in [0.25, 0.3) is 0 Å². The molecule has 2 aromatic carbocycles. The molecule has 1 fully saturated rings. The van der Waals surface area contributed by atoms with Crippen molar-refractivity contribution in [3.63, 3.8) is 0 Å². The van der Waals surface area contributed by atoms with Gasteiger partial charge in [0, 0.05) is 6.04 Å². The van der Waals surface area contributed by atoms with Gasteiger partial charge in [0.05, 0.1) is 5.52 Å². The molecule has 0 radical (unpaired) electrons. The Kier molecular flexibility index (Phi) is 5.62. The molecular formula is C23H27FN2O2. The number of oxazole rings is 1. The Bertz CT molecular complexity index is 985. The zero-order valence-electron chi connectivity index (χ0n) is 16.3. The molecule has 0 aliphatic heterocycles. The highest BCUT2D eigenvalue weighted by atomic mass is 19.1. The maximum atomic E-state index is 13.3.